The monoisotopic (exact) mass is 345 g/mol. The number of rotatable bonds is 5. The van der Waals surface area contributed by atoms with Crippen LogP contribution in [0.3, 0.4) is 0 Å². The van der Waals surface area contributed by atoms with Gasteiger partial charge in [0.05, 0.1) is 6.61 Å². The summed E-state index contributed by atoms with van der Waals surface area (Å²) in [6.45, 7) is 0.829. The summed E-state index contributed by atoms with van der Waals surface area (Å²) in [5, 5.41) is 3.42. The van der Waals surface area contributed by atoms with E-state index in [2.05, 4.69) is 63.7 Å². The minimum atomic E-state index is 0.381. The first-order chi connectivity index (χ1) is 10.3. The van der Waals surface area contributed by atoms with Gasteiger partial charge in [-0.2, -0.15) is 0 Å². The predicted octanol–water partition coefficient (Wildman–Crippen LogP) is 4.28. The molecular weight excluding hydrogens is 326 g/mol. The molecule has 0 aliphatic carbocycles. The van der Waals surface area contributed by atoms with E-state index in [1.54, 1.807) is 0 Å². The second-order valence-electron chi connectivity index (χ2n) is 5.48. The SMILES string of the molecule is CNC(CCc1ccc2c(c1)CCO2)c1cccc(Br)c1. The number of nitrogens with one attached hydrogen (secondary N) is 1. The molecule has 1 atom stereocenters. The van der Waals surface area contributed by atoms with Gasteiger partial charge < -0.3 is 10.1 Å². The highest BCUT2D eigenvalue weighted by Gasteiger charge is 2.13. The lowest BCUT2D eigenvalue weighted by molar-refractivity contribution is 0.357. The van der Waals surface area contributed by atoms with Crippen LogP contribution in [-0.2, 0) is 12.8 Å². The number of benzene rings is 2. The quantitative estimate of drug-likeness (QED) is 0.873. The number of fused-ring (bicyclic) bond motifs is 1. The summed E-state index contributed by atoms with van der Waals surface area (Å²) in [5.74, 6) is 1.07. The molecule has 0 saturated carbocycles. The van der Waals surface area contributed by atoms with E-state index in [-0.39, 0.29) is 0 Å². The molecule has 2 nitrogen and oxygen atoms in total. The van der Waals surface area contributed by atoms with E-state index in [0.717, 1.165) is 36.1 Å². The number of hydrogen-bond acceptors (Lipinski definition) is 2. The molecule has 0 saturated heterocycles. The summed E-state index contributed by atoms with van der Waals surface area (Å²) >= 11 is 3.55. The fourth-order valence-electron chi connectivity index (χ4n) is 2.91. The van der Waals surface area contributed by atoms with Gasteiger partial charge in [0.2, 0.25) is 0 Å². The Bertz CT molecular complexity index is 626. The maximum atomic E-state index is 5.57. The standard InChI is InChI=1S/C18H20BrNO/c1-20-17(14-3-2-4-16(19)12-14)7-5-13-6-8-18-15(11-13)9-10-21-18/h2-4,6,8,11-12,17,20H,5,7,9-10H2,1H3. The molecule has 3 rings (SSSR count). The van der Waals surface area contributed by atoms with E-state index < -0.39 is 0 Å². The third-order valence-corrected chi connectivity index (χ3v) is 4.57. The minimum absolute atomic E-state index is 0.381. The van der Waals surface area contributed by atoms with Gasteiger partial charge in [0.1, 0.15) is 5.75 Å². The lowest BCUT2D eigenvalue weighted by Crippen LogP contribution is -2.17. The summed E-state index contributed by atoms with van der Waals surface area (Å²) in [5.41, 5.74) is 4.09. The Morgan fingerprint density at radius 1 is 1.24 bits per heavy atom. The first-order valence-electron chi connectivity index (χ1n) is 7.43. The number of hydrogen-bond donors (Lipinski definition) is 1. The van der Waals surface area contributed by atoms with Crippen LogP contribution in [0.4, 0.5) is 0 Å². The van der Waals surface area contributed by atoms with Crippen molar-refractivity contribution in [3.8, 4) is 5.75 Å². The molecule has 0 bridgehead atoms. The average Bonchev–Trinajstić information content (AvgIpc) is 2.95. The number of halogens is 1. The van der Waals surface area contributed by atoms with Crippen LogP contribution in [0.1, 0.15) is 29.2 Å². The molecule has 2 aromatic carbocycles. The van der Waals surface area contributed by atoms with Gasteiger partial charge in [-0.15, -0.1) is 0 Å². The summed E-state index contributed by atoms with van der Waals surface area (Å²) < 4.78 is 6.70. The molecule has 1 heterocycles. The summed E-state index contributed by atoms with van der Waals surface area (Å²) in [7, 11) is 2.03. The first-order valence-corrected chi connectivity index (χ1v) is 8.23. The van der Waals surface area contributed by atoms with E-state index in [1.165, 1.54) is 16.7 Å². The molecule has 0 amide bonds. The van der Waals surface area contributed by atoms with E-state index in [1.807, 2.05) is 7.05 Å². The molecule has 0 aromatic heterocycles. The van der Waals surface area contributed by atoms with Crippen LogP contribution in [0.25, 0.3) is 0 Å². The molecule has 1 unspecified atom stereocenters. The topological polar surface area (TPSA) is 21.3 Å². The summed E-state index contributed by atoms with van der Waals surface area (Å²) in [6.07, 6.45) is 3.21. The fraction of sp³-hybridized carbons (Fsp3) is 0.333. The maximum Gasteiger partial charge on any atom is 0.122 e. The fourth-order valence-corrected chi connectivity index (χ4v) is 3.32. The van der Waals surface area contributed by atoms with Gasteiger partial charge in [-0.3, -0.25) is 0 Å². The zero-order valence-corrected chi connectivity index (χ0v) is 13.8. The molecular formula is C18H20BrNO. The normalized spacial score (nSPS) is 14.6. The van der Waals surface area contributed by atoms with Gasteiger partial charge in [0.25, 0.3) is 0 Å². The Morgan fingerprint density at radius 2 is 2.14 bits per heavy atom. The van der Waals surface area contributed by atoms with Crippen molar-refractivity contribution in [1.29, 1.82) is 0 Å². The van der Waals surface area contributed by atoms with Gasteiger partial charge in [-0.25, -0.2) is 0 Å². The summed E-state index contributed by atoms with van der Waals surface area (Å²) in [4.78, 5) is 0. The van der Waals surface area contributed by atoms with Crippen molar-refractivity contribution in [1.82, 2.24) is 5.32 Å². The minimum Gasteiger partial charge on any atom is -0.493 e. The van der Waals surface area contributed by atoms with Gasteiger partial charge in [-0.05, 0) is 54.8 Å². The zero-order valence-electron chi connectivity index (χ0n) is 12.2. The van der Waals surface area contributed by atoms with Crippen molar-refractivity contribution in [3.05, 3.63) is 63.6 Å². The Hall–Kier alpha value is -1.32. The molecule has 1 aliphatic heterocycles. The molecule has 1 N–H and O–H groups in total. The van der Waals surface area contributed by atoms with Gasteiger partial charge in [0.15, 0.2) is 0 Å². The van der Waals surface area contributed by atoms with Crippen molar-refractivity contribution in [2.45, 2.75) is 25.3 Å². The highest BCUT2D eigenvalue weighted by molar-refractivity contribution is 9.10. The average molecular weight is 346 g/mol. The number of aryl methyl sites for hydroxylation is 1. The second kappa shape index (κ2) is 6.63. The molecule has 3 heteroatoms. The van der Waals surface area contributed by atoms with E-state index in [9.17, 15) is 0 Å². The second-order valence-corrected chi connectivity index (χ2v) is 6.39. The van der Waals surface area contributed by atoms with E-state index >= 15 is 0 Å². The molecule has 1 aliphatic rings. The Labute approximate surface area is 134 Å². The largest absolute Gasteiger partial charge is 0.493 e. The van der Waals surface area contributed by atoms with Crippen molar-refractivity contribution >= 4 is 15.9 Å². The predicted molar refractivity (Wildman–Crippen MR) is 89.9 cm³/mol. The maximum absolute atomic E-state index is 5.57. The Morgan fingerprint density at radius 3 is 2.95 bits per heavy atom. The number of ether oxygens (including phenoxy) is 1. The molecule has 0 spiro atoms. The molecule has 110 valence electrons. The smallest absolute Gasteiger partial charge is 0.122 e. The van der Waals surface area contributed by atoms with Crippen LogP contribution in [0, 0.1) is 0 Å². The van der Waals surface area contributed by atoms with Gasteiger partial charge in [-0.1, -0.05) is 40.2 Å². The van der Waals surface area contributed by atoms with Crippen LogP contribution in [0.2, 0.25) is 0 Å². The highest BCUT2D eigenvalue weighted by atomic mass is 79.9. The lowest BCUT2D eigenvalue weighted by atomic mass is 9.98. The van der Waals surface area contributed by atoms with Crippen molar-refractivity contribution in [3.63, 3.8) is 0 Å². The van der Waals surface area contributed by atoms with Crippen LogP contribution >= 0.6 is 15.9 Å². The van der Waals surface area contributed by atoms with Crippen LogP contribution in [0.15, 0.2) is 46.9 Å². The van der Waals surface area contributed by atoms with E-state index in [0.29, 0.717) is 6.04 Å². The summed E-state index contributed by atoms with van der Waals surface area (Å²) in [6, 6.07) is 15.5. The Balaban J connectivity index is 1.68. The molecule has 0 fully saturated rings. The van der Waals surface area contributed by atoms with Gasteiger partial charge in [0, 0.05) is 16.9 Å². The highest BCUT2D eigenvalue weighted by Crippen LogP contribution is 2.28. The third-order valence-electron chi connectivity index (χ3n) is 4.08. The van der Waals surface area contributed by atoms with Gasteiger partial charge >= 0.3 is 0 Å². The van der Waals surface area contributed by atoms with Crippen LogP contribution < -0.4 is 10.1 Å². The lowest BCUT2D eigenvalue weighted by Gasteiger charge is -2.17. The van der Waals surface area contributed by atoms with Crippen molar-refractivity contribution < 1.29 is 4.74 Å². The zero-order chi connectivity index (χ0) is 14.7. The van der Waals surface area contributed by atoms with Crippen LogP contribution in [-0.4, -0.2) is 13.7 Å². The van der Waals surface area contributed by atoms with Crippen molar-refractivity contribution in [2.24, 2.45) is 0 Å². The molecule has 0 radical (unpaired) electrons. The molecule has 21 heavy (non-hydrogen) atoms. The molecule has 2 aromatic rings. The van der Waals surface area contributed by atoms with Crippen molar-refractivity contribution in [2.75, 3.05) is 13.7 Å². The third kappa shape index (κ3) is 3.47. The first kappa shape index (κ1) is 14.6. The Kier molecular flexibility index (Phi) is 4.61. The van der Waals surface area contributed by atoms with Crippen LogP contribution in [0.5, 0.6) is 5.75 Å². The van der Waals surface area contributed by atoms with E-state index in [4.69, 9.17) is 4.74 Å².